The average molecular weight is 275 g/mol. The average Bonchev–Trinajstić information content (AvgIpc) is 2.40. The van der Waals surface area contributed by atoms with Crippen molar-refractivity contribution in [2.75, 3.05) is 17.7 Å². The summed E-state index contributed by atoms with van der Waals surface area (Å²) in [6.07, 6.45) is 7.34. The Kier molecular flexibility index (Phi) is 6.24. The fraction of sp³-hybridized carbons (Fsp3) is 0.400. The summed E-state index contributed by atoms with van der Waals surface area (Å²) < 4.78 is 4.67. The van der Waals surface area contributed by atoms with Crippen molar-refractivity contribution in [1.29, 1.82) is 0 Å². The van der Waals surface area contributed by atoms with Crippen LogP contribution in [0.15, 0.2) is 18.2 Å². The SMILES string of the molecule is C#Cc1cccc(N)c1NC(C)CCCCOC(N)=O. The van der Waals surface area contributed by atoms with Crippen LogP contribution in [0.1, 0.15) is 31.7 Å². The fourth-order valence-corrected chi connectivity index (χ4v) is 1.90. The van der Waals surface area contributed by atoms with Crippen molar-refractivity contribution in [2.24, 2.45) is 5.73 Å². The molecule has 20 heavy (non-hydrogen) atoms. The van der Waals surface area contributed by atoms with E-state index < -0.39 is 6.09 Å². The highest BCUT2D eigenvalue weighted by Gasteiger charge is 2.08. The van der Waals surface area contributed by atoms with Gasteiger partial charge in [0.2, 0.25) is 0 Å². The summed E-state index contributed by atoms with van der Waals surface area (Å²) >= 11 is 0. The molecule has 0 aliphatic rings. The topological polar surface area (TPSA) is 90.4 Å². The third-order valence-corrected chi connectivity index (χ3v) is 2.92. The summed E-state index contributed by atoms with van der Waals surface area (Å²) in [5, 5.41) is 3.33. The van der Waals surface area contributed by atoms with Crippen LogP contribution in [0, 0.1) is 12.3 Å². The minimum Gasteiger partial charge on any atom is -0.450 e. The molecule has 5 nitrogen and oxygen atoms in total. The number of nitrogens with one attached hydrogen (secondary N) is 1. The van der Waals surface area contributed by atoms with Crippen LogP contribution < -0.4 is 16.8 Å². The molecule has 0 aliphatic heterocycles. The van der Waals surface area contributed by atoms with Gasteiger partial charge in [-0.25, -0.2) is 4.79 Å². The number of ether oxygens (including phenoxy) is 1. The number of terminal acetylenes is 1. The lowest BCUT2D eigenvalue weighted by atomic mass is 10.1. The van der Waals surface area contributed by atoms with Crippen LogP contribution in [-0.2, 0) is 4.74 Å². The van der Waals surface area contributed by atoms with Gasteiger partial charge in [0, 0.05) is 11.6 Å². The van der Waals surface area contributed by atoms with E-state index in [0.29, 0.717) is 12.3 Å². The summed E-state index contributed by atoms with van der Waals surface area (Å²) in [5.41, 5.74) is 13.0. The zero-order valence-electron chi connectivity index (χ0n) is 11.7. The van der Waals surface area contributed by atoms with E-state index in [4.69, 9.17) is 17.9 Å². The third kappa shape index (κ3) is 5.11. The van der Waals surface area contributed by atoms with E-state index in [0.717, 1.165) is 30.5 Å². The van der Waals surface area contributed by atoms with Crippen LogP contribution in [0.2, 0.25) is 0 Å². The van der Waals surface area contributed by atoms with E-state index >= 15 is 0 Å². The number of nitrogen functional groups attached to an aromatic ring is 1. The fourth-order valence-electron chi connectivity index (χ4n) is 1.90. The number of hydrogen-bond donors (Lipinski definition) is 3. The highest BCUT2D eigenvalue weighted by molar-refractivity contribution is 5.74. The predicted octanol–water partition coefficient (Wildman–Crippen LogP) is 2.32. The molecule has 0 saturated heterocycles. The van der Waals surface area contributed by atoms with E-state index in [1.807, 2.05) is 18.2 Å². The maximum atomic E-state index is 10.4. The molecule has 108 valence electrons. The number of amides is 1. The molecule has 0 bridgehead atoms. The molecule has 0 saturated carbocycles. The first-order valence-corrected chi connectivity index (χ1v) is 6.58. The van der Waals surface area contributed by atoms with Gasteiger partial charge in [-0.05, 0) is 38.3 Å². The highest BCUT2D eigenvalue weighted by atomic mass is 16.5. The van der Waals surface area contributed by atoms with Crippen LogP contribution in [0.4, 0.5) is 16.2 Å². The van der Waals surface area contributed by atoms with Gasteiger partial charge in [0.05, 0.1) is 18.0 Å². The lowest BCUT2D eigenvalue weighted by molar-refractivity contribution is 0.154. The van der Waals surface area contributed by atoms with Gasteiger partial charge in [0.25, 0.3) is 0 Å². The number of benzene rings is 1. The molecular weight excluding hydrogens is 254 g/mol. The molecular formula is C15H21N3O2. The molecule has 1 aromatic rings. The lowest BCUT2D eigenvalue weighted by Gasteiger charge is -2.18. The number of primary amides is 1. The van der Waals surface area contributed by atoms with E-state index in [9.17, 15) is 4.79 Å². The number of para-hydroxylation sites is 1. The normalized spacial score (nSPS) is 11.4. The Labute approximate surface area is 119 Å². The van der Waals surface area contributed by atoms with Gasteiger partial charge >= 0.3 is 6.09 Å². The number of nitrogens with two attached hydrogens (primary N) is 2. The number of anilines is 2. The van der Waals surface area contributed by atoms with Crippen LogP contribution in [-0.4, -0.2) is 18.7 Å². The third-order valence-electron chi connectivity index (χ3n) is 2.92. The zero-order chi connectivity index (χ0) is 15.0. The Hall–Kier alpha value is -2.35. The van der Waals surface area contributed by atoms with Gasteiger partial charge in [0.15, 0.2) is 0 Å². The van der Waals surface area contributed by atoms with Crippen molar-refractivity contribution >= 4 is 17.5 Å². The number of hydrogen-bond acceptors (Lipinski definition) is 4. The molecule has 0 aromatic heterocycles. The number of carbonyl (C=O) groups excluding carboxylic acids is 1. The molecule has 1 unspecified atom stereocenters. The van der Waals surface area contributed by atoms with Crippen molar-refractivity contribution in [3.63, 3.8) is 0 Å². The van der Waals surface area contributed by atoms with Crippen molar-refractivity contribution in [3.05, 3.63) is 23.8 Å². The zero-order valence-corrected chi connectivity index (χ0v) is 11.7. The number of rotatable bonds is 7. The molecule has 0 heterocycles. The summed E-state index contributed by atoms with van der Waals surface area (Å²) in [7, 11) is 0. The predicted molar refractivity (Wildman–Crippen MR) is 81.3 cm³/mol. The Morgan fingerprint density at radius 1 is 1.50 bits per heavy atom. The number of carbonyl (C=O) groups is 1. The van der Waals surface area contributed by atoms with E-state index in [2.05, 4.69) is 22.9 Å². The van der Waals surface area contributed by atoms with Gasteiger partial charge in [-0.15, -0.1) is 6.42 Å². The van der Waals surface area contributed by atoms with Crippen LogP contribution >= 0.6 is 0 Å². The minimum absolute atomic E-state index is 0.223. The van der Waals surface area contributed by atoms with E-state index in [1.54, 1.807) is 0 Å². The van der Waals surface area contributed by atoms with E-state index in [-0.39, 0.29) is 6.04 Å². The quantitative estimate of drug-likeness (QED) is 0.404. The van der Waals surface area contributed by atoms with Gasteiger partial charge < -0.3 is 21.5 Å². The van der Waals surface area contributed by atoms with Crippen molar-refractivity contribution in [3.8, 4) is 12.3 Å². The van der Waals surface area contributed by atoms with E-state index in [1.165, 1.54) is 0 Å². The second-order valence-corrected chi connectivity index (χ2v) is 4.62. The second-order valence-electron chi connectivity index (χ2n) is 4.62. The maximum absolute atomic E-state index is 10.4. The summed E-state index contributed by atoms with van der Waals surface area (Å²) in [6.45, 7) is 2.41. The van der Waals surface area contributed by atoms with Gasteiger partial charge in [-0.1, -0.05) is 12.0 Å². The standard InChI is InChI=1S/C15H21N3O2/c1-3-12-8-6-9-13(16)14(12)18-11(2)7-4-5-10-20-15(17)19/h1,6,8-9,11,18H,4-5,7,10,16H2,2H3,(H2,17,19). The van der Waals surface area contributed by atoms with Gasteiger partial charge in [0.1, 0.15) is 0 Å². The van der Waals surface area contributed by atoms with Crippen molar-refractivity contribution in [1.82, 2.24) is 0 Å². The van der Waals surface area contributed by atoms with Crippen molar-refractivity contribution in [2.45, 2.75) is 32.2 Å². The largest absolute Gasteiger partial charge is 0.450 e. The summed E-state index contributed by atoms with van der Waals surface area (Å²) in [4.78, 5) is 10.4. The molecule has 1 atom stereocenters. The lowest BCUT2D eigenvalue weighted by Crippen LogP contribution is -2.18. The molecule has 5 heteroatoms. The Morgan fingerprint density at radius 3 is 2.90 bits per heavy atom. The molecule has 0 fully saturated rings. The van der Waals surface area contributed by atoms with Gasteiger partial charge in [-0.2, -0.15) is 0 Å². The molecule has 1 aromatic carbocycles. The minimum atomic E-state index is -0.730. The summed E-state index contributed by atoms with van der Waals surface area (Å²) in [6, 6.07) is 5.73. The summed E-state index contributed by atoms with van der Waals surface area (Å²) in [5.74, 6) is 2.62. The highest BCUT2D eigenvalue weighted by Crippen LogP contribution is 2.24. The number of unbranched alkanes of at least 4 members (excludes halogenated alkanes) is 1. The van der Waals surface area contributed by atoms with Gasteiger partial charge in [-0.3, -0.25) is 0 Å². The Bertz CT molecular complexity index is 494. The van der Waals surface area contributed by atoms with Crippen LogP contribution in [0.5, 0.6) is 0 Å². The van der Waals surface area contributed by atoms with Crippen LogP contribution in [0.3, 0.4) is 0 Å². The maximum Gasteiger partial charge on any atom is 0.404 e. The van der Waals surface area contributed by atoms with Crippen LogP contribution in [0.25, 0.3) is 0 Å². The molecule has 0 aliphatic carbocycles. The van der Waals surface area contributed by atoms with Crippen molar-refractivity contribution < 1.29 is 9.53 Å². The Morgan fingerprint density at radius 2 is 2.25 bits per heavy atom. The molecule has 1 rings (SSSR count). The first-order valence-electron chi connectivity index (χ1n) is 6.58. The molecule has 0 radical (unpaired) electrons. The smallest absolute Gasteiger partial charge is 0.404 e. The first-order chi connectivity index (χ1) is 9.54. The molecule has 1 amide bonds. The molecule has 0 spiro atoms. The first kappa shape index (κ1) is 15.7. The Balaban J connectivity index is 2.41. The molecule has 5 N–H and O–H groups in total. The second kappa shape index (κ2) is 7.95. The monoisotopic (exact) mass is 275 g/mol.